The van der Waals surface area contributed by atoms with Gasteiger partial charge in [-0.15, -0.1) is 0 Å². The van der Waals surface area contributed by atoms with Crippen molar-refractivity contribution in [3.8, 4) is 0 Å². The van der Waals surface area contributed by atoms with Gasteiger partial charge in [-0.25, -0.2) is 9.59 Å². The average molecular weight is 483 g/mol. The molecule has 0 saturated heterocycles. The smallest absolute Gasteiger partial charge is 0.340 e. The van der Waals surface area contributed by atoms with E-state index in [1.165, 1.54) is 5.56 Å². The minimum Gasteiger partial charge on any atom is -0.480 e. The van der Waals surface area contributed by atoms with E-state index in [1.54, 1.807) is 19.9 Å². The second kappa shape index (κ2) is 9.93. The Labute approximate surface area is 201 Å². The van der Waals surface area contributed by atoms with Gasteiger partial charge < -0.3 is 24.6 Å². The quantitative estimate of drug-likeness (QED) is 0.420. The molecule has 1 aromatic carbocycles. The van der Waals surface area contributed by atoms with Crippen LogP contribution in [0.15, 0.2) is 25.8 Å². The molecule has 1 aliphatic carbocycles. The highest BCUT2D eigenvalue weighted by Gasteiger charge is 2.26. The first kappa shape index (κ1) is 24.5. The number of nitrogens with one attached hydrogen (secondary N) is 2. The van der Waals surface area contributed by atoms with Crippen LogP contribution in [0.4, 0.5) is 0 Å². The third kappa shape index (κ3) is 4.94. The van der Waals surface area contributed by atoms with Gasteiger partial charge in [0, 0.05) is 28.8 Å². The Morgan fingerprint density at radius 1 is 1.06 bits per heavy atom. The molecule has 0 fully saturated rings. The number of aliphatic carboxylic acids is 1. The molecule has 0 aliphatic heterocycles. The summed E-state index contributed by atoms with van der Waals surface area (Å²) in [5.74, 6) is -1.55. The molecule has 186 valence electrons. The zero-order valence-corrected chi connectivity index (χ0v) is 20.2. The monoisotopic (exact) mass is 482 g/mol. The lowest BCUT2D eigenvalue weighted by molar-refractivity contribution is -0.143. The minimum absolute atomic E-state index is 0.218. The number of hydrogen-bond acceptors (Lipinski definition) is 6. The first-order chi connectivity index (χ1) is 16.7. The predicted molar refractivity (Wildman–Crippen MR) is 129 cm³/mol. The van der Waals surface area contributed by atoms with E-state index in [-0.39, 0.29) is 17.9 Å². The molecule has 0 bridgehead atoms. The second-order valence-electron chi connectivity index (χ2n) is 9.27. The molecule has 1 aliphatic rings. The molecule has 3 aromatic rings. The van der Waals surface area contributed by atoms with Crippen LogP contribution in [-0.4, -0.2) is 35.5 Å². The summed E-state index contributed by atoms with van der Waals surface area (Å²) in [4.78, 5) is 48.8. The van der Waals surface area contributed by atoms with E-state index in [1.807, 2.05) is 13.0 Å². The van der Waals surface area contributed by atoms with Crippen LogP contribution in [0.1, 0.15) is 55.6 Å². The fourth-order valence-corrected chi connectivity index (χ4v) is 4.66. The van der Waals surface area contributed by atoms with Gasteiger partial charge in [0.25, 0.3) is 0 Å². The number of hydrogen-bond donors (Lipinski definition) is 3. The van der Waals surface area contributed by atoms with Crippen LogP contribution in [0, 0.1) is 12.8 Å². The van der Waals surface area contributed by atoms with E-state index in [2.05, 4.69) is 10.6 Å². The van der Waals surface area contributed by atoms with Gasteiger partial charge in [0.15, 0.2) is 0 Å². The van der Waals surface area contributed by atoms with Crippen LogP contribution in [0.2, 0.25) is 0 Å². The number of fused-ring (bicyclic) bond motifs is 4. The van der Waals surface area contributed by atoms with Crippen LogP contribution in [0.5, 0.6) is 0 Å². The first-order valence-electron chi connectivity index (χ1n) is 12.0. The van der Waals surface area contributed by atoms with Crippen LogP contribution in [-0.2, 0) is 33.6 Å². The fraction of sp³-hybridized carbons (Fsp3) is 0.462. The van der Waals surface area contributed by atoms with Crippen molar-refractivity contribution >= 4 is 39.7 Å². The van der Waals surface area contributed by atoms with Gasteiger partial charge in [-0.2, -0.15) is 0 Å². The summed E-state index contributed by atoms with van der Waals surface area (Å²) in [5.41, 5.74) is 2.54. The molecule has 4 rings (SSSR count). The normalized spacial score (nSPS) is 14.9. The summed E-state index contributed by atoms with van der Waals surface area (Å²) in [6.07, 6.45) is 4.35. The number of carboxylic acid groups (broad SMARTS) is 1. The van der Waals surface area contributed by atoms with Crippen molar-refractivity contribution in [2.24, 2.45) is 5.92 Å². The zero-order chi connectivity index (χ0) is 25.3. The maximum Gasteiger partial charge on any atom is 0.340 e. The molecule has 0 saturated carbocycles. The van der Waals surface area contributed by atoms with Gasteiger partial charge in [0.1, 0.15) is 23.0 Å². The Kier molecular flexibility index (Phi) is 6.95. The molecular formula is C26H30N2O7. The van der Waals surface area contributed by atoms with E-state index in [0.29, 0.717) is 23.2 Å². The topological polar surface area (TPSA) is 139 Å². The molecule has 2 atom stereocenters. The van der Waals surface area contributed by atoms with Gasteiger partial charge >= 0.3 is 11.6 Å². The molecule has 3 N–H and O–H groups in total. The van der Waals surface area contributed by atoms with Gasteiger partial charge in [0.2, 0.25) is 11.8 Å². The number of carbonyl (C=O) groups is 3. The standard InChI is InChI=1S/C26H30N2O7/c1-4-13(2)24(25(31)32)28-23(30)12-27-22(29)10-17-14(3)16-9-18-15-7-5-6-8-19(15)34-21(18)11-20(16)35-26(17)33/h9,11,13,24H,4-8,10,12H2,1-3H3,(H,27,29)(H,28,30)(H,31,32). The zero-order valence-electron chi connectivity index (χ0n) is 20.2. The van der Waals surface area contributed by atoms with Crippen molar-refractivity contribution in [1.82, 2.24) is 10.6 Å². The molecule has 35 heavy (non-hydrogen) atoms. The minimum atomic E-state index is -1.13. The van der Waals surface area contributed by atoms with E-state index >= 15 is 0 Å². The lowest BCUT2D eigenvalue weighted by Crippen LogP contribution is -2.48. The SMILES string of the molecule is CCC(C)C(NC(=O)CNC(=O)Cc1c(C)c2cc3c4c(oc3cc2oc1=O)CCCC4)C(=O)O. The molecule has 2 amide bonds. The van der Waals surface area contributed by atoms with Crippen molar-refractivity contribution in [1.29, 1.82) is 0 Å². The van der Waals surface area contributed by atoms with Gasteiger partial charge in [0.05, 0.1) is 18.5 Å². The number of carbonyl (C=O) groups excluding carboxylic acids is 2. The summed E-state index contributed by atoms with van der Waals surface area (Å²) >= 11 is 0. The van der Waals surface area contributed by atoms with Crippen molar-refractivity contribution in [2.75, 3.05) is 6.54 Å². The van der Waals surface area contributed by atoms with Crippen LogP contribution >= 0.6 is 0 Å². The van der Waals surface area contributed by atoms with Crippen LogP contribution in [0.25, 0.3) is 21.9 Å². The summed E-state index contributed by atoms with van der Waals surface area (Å²) in [5, 5.41) is 15.9. The van der Waals surface area contributed by atoms with Crippen LogP contribution < -0.4 is 16.3 Å². The largest absolute Gasteiger partial charge is 0.480 e. The van der Waals surface area contributed by atoms with E-state index in [0.717, 1.165) is 42.2 Å². The number of rotatable bonds is 8. The maximum atomic E-state index is 12.7. The Balaban J connectivity index is 1.51. The molecule has 9 nitrogen and oxygen atoms in total. The van der Waals surface area contributed by atoms with E-state index < -0.39 is 36.0 Å². The predicted octanol–water partition coefficient (Wildman–Crippen LogP) is 3.00. The van der Waals surface area contributed by atoms with Crippen molar-refractivity contribution in [3.05, 3.63) is 45.0 Å². The molecule has 2 aromatic heterocycles. The molecule has 0 spiro atoms. The molecule has 9 heteroatoms. The van der Waals surface area contributed by atoms with Gasteiger partial charge in [-0.1, -0.05) is 20.3 Å². The summed E-state index contributed by atoms with van der Waals surface area (Å²) in [6.45, 7) is 4.94. The first-order valence-corrected chi connectivity index (χ1v) is 12.0. The highest BCUT2D eigenvalue weighted by atomic mass is 16.4. The molecule has 2 unspecified atom stereocenters. The number of aryl methyl sites for hydroxylation is 3. The molecular weight excluding hydrogens is 452 g/mol. The Hall–Kier alpha value is -3.62. The van der Waals surface area contributed by atoms with Crippen molar-refractivity contribution in [2.45, 2.75) is 65.3 Å². The Morgan fingerprint density at radius 2 is 1.77 bits per heavy atom. The highest BCUT2D eigenvalue weighted by molar-refractivity contribution is 5.97. The lowest BCUT2D eigenvalue weighted by Gasteiger charge is -2.20. The van der Waals surface area contributed by atoms with E-state index in [9.17, 15) is 24.3 Å². The number of carboxylic acids is 1. The molecule has 2 heterocycles. The third-order valence-electron chi connectivity index (χ3n) is 6.94. The van der Waals surface area contributed by atoms with Crippen molar-refractivity contribution < 1.29 is 28.3 Å². The average Bonchev–Trinajstić information content (AvgIpc) is 3.19. The lowest BCUT2D eigenvalue weighted by atomic mass is 9.94. The number of furan rings is 1. The third-order valence-corrected chi connectivity index (χ3v) is 6.94. The second-order valence-corrected chi connectivity index (χ2v) is 9.27. The Morgan fingerprint density at radius 3 is 2.49 bits per heavy atom. The number of amides is 2. The van der Waals surface area contributed by atoms with Gasteiger partial charge in [-0.05, 0) is 43.7 Å². The highest BCUT2D eigenvalue weighted by Crippen LogP contribution is 2.35. The maximum absolute atomic E-state index is 12.7. The van der Waals surface area contributed by atoms with Crippen LogP contribution in [0.3, 0.4) is 0 Å². The van der Waals surface area contributed by atoms with E-state index in [4.69, 9.17) is 8.83 Å². The van der Waals surface area contributed by atoms with Crippen molar-refractivity contribution in [3.63, 3.8) is 0 Å². The Bertz CT molecular complexity index is 1370. The summed E-state index contributed by atoms with van der Waals surface area (Å²) < 4.78 is 11.5. The summed E-state index contributed by atoms with van der Waals surface area (Å²) in [7, 11) is 0. The fourth-order valence-electron chi connectivity index (χ4n) is 4.66. The molecule has 0 radical (unpaired) electrons. The summed E-state index contributed by atoms with van der Waals surface area (Å²) in [6, 6.07) is 2.67. The number of benzene rings is 1. The van der Waals surface area contributed by atoms with Gasteiger partial charge in [-0.3, -0.25) is 9.59 Å².